The average Bonchev–Trinajstić information content (AvgIpc) is 3.20. The van der Waals surface area contributed by atoms with Gasteiger partial charge in [0.1, 0.15) is 12.4 Å². The summed E-state index contributed by atoms with van der Waals surface area (Å²) in [5, 5.41) is 13.1. The van der Waals surface area contributed by atoms with Crippen LogP contribution in [0.4, 0.5) is 5.69 Å². The van der Waals surface area contributed by atoms with Crippen LogP contribution < -0.4 is 4.74 Å². The van der Waals surface area contributed by atoms with Crippen LogP contribution in [0.15, 0.2) is 53.9 Å². The second-order valence-electron chi connectivity index (χ2n) is 6.06. The summed E-state index contributed by atoms with van der Waals surface area (Å²) in [5.41, 5.74) is 4.46. The summed E-state index contributed by atoms with van der Waals surface area (Å²) >= 11 is 1.54. The summed E-state index contributed by atoms with van der Waals surface area (Å²) in [6, 6.07) is 14.8. The van der Waals surface area contributed by atoms with E-state index in [1.54, 1.807) is 12.1 Å². The first-order chi connectivity index (χ1) is 12.7. The summed E-state index contributed by atoms with van der Waals surface area (Å²) in [6.07, 6.45) is 0.882. The average molecular weight is 367 g/mol. The van der Waals surface area contributed by atoms with E-state index in [9.17, 15) is 10.1 Å². The number of fused-ring (bicyclic) bond motifs is 1. The number of rotatable bonds is 5. The Hall–Kier alpha value is -2.70. The van der Waals surface area contributed by atoms with Gasteiger partial charge >= 0.3 is 0 Å². The van der Waals surface area contributed by atoms with Gasteiger partial charge in [0.05, 0.1) is 18.1 Å². The van der Waals surface area contributed by atoms with Crippen molar-refractivity contribution in [1.82, 2.24) is 0 Å². The van der Waals surface area contributed by atoms with Crippen molar-refractivity contribution in [1.29, 1.82) is 0 Å². The molecule has 2 aromatic carbocycles. The Bertz CT molecular complexity index is 937. The number of hydrogen-bond donors (Lipinski definition) is 0. The second-order valence-corrected chi connectivity index (χ2v) is 7.01. The molecule has 0 saturated heterocycles. The van der Waals surface area contributed by atoms with Gasteiger partial charge in [-0.3, -0.25) is 10.1 Å². The van der Waals surface area contributed by atoms with Gasteiger partial charge < -0.3 is 9.47 Å². The molecule has 0 atom stereocenters. The monoisotopic (exact) mass is 367 g/mol. The van der Waals surface area contributed by atoms with Crippen LogP contribution in [-0.2, 0) is 24.4 Å². The Morgan fingerprint density at radius 2 is 2.12 bits per heavy atom. The van der Waals surface area contributed by atoms with Crippen LogP contribution in [0.25, 0.3) is 10.4 Å². The van der Waals surface area contributed by atoms with Gasteiger partial charge in [-0.05, 0) is 40.6 Å². The van der Waals surface area contributed by atoms with Crippen molar-refractivity contribution in [2.75, 3.05) is 6.61 Å². The van der Waals surface area contributed by atoms with Crippen molar-refractivity contribution < 1.29 is 14.4 Å². The molecular formula is C20H17NO4S. The van der Waals surface area contributed by atoms with E-state index in [4.69, 9.17) is 9.47 Å². The highest BCUT2D eigenvalue weighted by atomic mass is 32.1. The third-order valence-electron chi connectivity index (χ3n) is 4.47. The van der Waals surface area contributed by atoms with Gasteiger partial charge in [0.15, 0.2) is 0 Å². The maximum Gasteiger partial charge on any atom is 0.270 e. The molecule has 1 aromatic heterocycles. The maximum absolute atomic E-state index is 11.1. The molecule has 1 aliphatic rings. The summed E-state index contributed by atoms with van der Waals surface area (Å²) in [6.45, 7) is 1.79. The minimum absolute atomic E-state index is 0.0648. The van der Waals surface area contributed by atoms with Crippen LogP contribution in [0.3, 0.4) is 0 Å². The number of ether oxygens (including phenoxy) is 2. The molecule has 1 aliphatic heterocycles. The topological polar surface area (TPSA) is 61.6 Å². The Balaban J connectivity index is 1.64. The predicted octanol–water partition coefficient (Wildman–Crippen LogP) is 4.98. The predicted molar refractivity (Wildman–Crippen MR) is 101 cm³/mol. The number of benzene rings is 2. The molecule has 4 rings (SSSR count). The second kappa shape index (κ2) is 7.27. The van der Waals surface area contributed by atoms with E-state index in [1.807, 2.05) is 23.6 Å². The summed E-state index contributed by atoms with van der Waals surface area (Å²) in [4.78, 5) is 11.7. The van der Waals surface area contributed by atoms with Crippen LogP contribution >= 0.6 is 11.3 Å². The number of thiophene rings is 1. The first-order valence-corrected chi connectivity index (χ1v) is 9.23. The lowest BCUT2D eigenvalue weighted by Gasteiger charge is -2.20. The number of nitro groups is 1. The highest BCUT2D eigenvalue weighted by molar-refractivity contribution is 7.13. The molecule has 0 N–H and O–H groups in total. The van der Waals surface area contributed by atoms with Crippen LogP contribution in [0.1, 0.15) is 16.7 Å². The van der Waals surface area contributed by atoms with Gasteiger partial charge in [-0.1, -0.05) is 24.3 Å². The number of nitrogens with zero attached hydrogens (tertiary/aromatic N) is 1. The SMILES string of the molecule is O=[N+]([O-])c1ccc(OCc2cccc3c2CCOC3)c(-c2cccs2)c1. The first kappa shape index (κ1) is 16.8. The van der Waals surface area contributed by atoms with E-state index in [0.717, 1.165) is 29.0 Å². The third-order valence-corrected chi connectivity index (χ3v) is 5.37. The fraction of sp³-hybridized carbons (Fsp3) is 0.200. The van der Waals surface area contributed by atoms with Crippen molar-refractivity contribution >= 4 is 17.0 Å². The molecule has 26 heavy (non-hydrogen) atoms. The van der Waals surface area contributed by atoms with Crippen molar-refractivity contribution in [2.45, 2.75) is 19.6 Å². The van der Waals surface area contributed by atoms with Crippen molar-refractivity contribution in [2.24, 2.45) is 0 Å². The molecule has 0 saturated carbocycles. The smallest absolute Gasteiger partial charge is 0.270 e. The molecule has 0 amide bonds. The van der Waals surface area contributed by atoms with Crippen LogP contribution in [0.2, 0.25) is 0 Å². The third kappa shape index (κ3) is 3.34. The molecule has 0 aliphatic carbocycles. The summed E-state index contributed by atoms with van der Waals surface area (Å²) in [5.74, 6) is 0.655. The summed E-state index contributed by atoms with van der Waals surface area (Å²) in [7, 11) is 0. The molecule has 6 heteroatoms. The van der Waals surface area contributed by atoms with Gasteiger partial charge in [-0.15, -0.1) is 11.3 Å². The minimum Gasteiger partial charge on any atom is -0.488 e. The van der Waals surface area contributed by atoms with Gasteiger partial charge in [-0.25, -0.2) is 0 Å². The zero-order valence-electron chi connectivity index (χ0n) is 14.0. The molecule has 0 spiro atoms. The van der Waals surface area contributed by atoms with Crippen LogP contribution in [-0.4, -0.2) is 11.5 Å². The van der Waals surface area contributed by atoms with Crippen molar-refractivity contribution in [3.05, 3.63) is 80.7 Å². The number of non-ortho nitro benzene ring substituents is 1. The van der Waals surface area contributed by atoms with Crippen molar-refractivity contribution in [3.63, 3.8) is 0 Å². The Morgan fingerprint density at radius 3 is 2.92 bits per heavy atom. The van der Waals surface area contributed by atoms with Crippen LogP contribution in [0.5, 0.6) is 5.75 Å². The summed E-state index contributed by atoms with van der Waals surface area (Å²) < 4.78 is 11.6. The molecular weight excluding hydrogens is 350 g/mol. The molecule has 0 radical (unpaired) electrons. The van der Waals surface area contributed by atoms with E-state index in [0.29, 0.717) is 19.0 Å². The molecule has 2 heterocycles. The molecule has 0 fully saturated rings. The van der Waals surface area contributed by atoms with Crippen molar-refractivity contribution in [3.8, 4) is 16.2 Å². The van der Waals surface area contributed by atoms with Gasteiger partial charge in [0.25, 0.3) is 5.69 Å². The number of hydrogen-bond acceptors (Lipinski definition) is 5. The molecule has 132 valence electrons. The van der Waals surface area contributed by atoms with E-state index < -0.39 is 0 Å². The minimum atomic E-state index is -0.380. The van der Waals surface area contributed by atoms with E-state index in [2.05, 4.69) is 12.1 Å². The van der Waals surface area contributed by atoms with E-state index >= 15 is 0 Å². The molecule has 5 nitrogen and oxygen atoms in total. The highest BCUT2D eigenvalue weighted by Gasteiger charge is 2.17. The highest BCUT2D eigenvalue weighted by Crippen LogP contribution is 2.36. The Morgan fingerprint density at radius 1 is 1.19 bits per heavy atom. The lowest BCUT2D eigenvalue weighted by atomic mass is 9.98. The molecule has 3 aromatic rings. The molecule has 0 unspecified atom stereocenters. The Kier molecular flexibility index (Phi) is 4.69. The first-order valence-electron chi connectivity index (χ1n) is 8.35. The van der Waals surface area contributed by atoms with Crippen LogP contribution in [0, 0.1) is 10.1 Å². The van der Waals surface area contributed by atoms with E-state index in [-0.39, 0.29) is 10.6 Å². The zero-order chi connectivity index (χ0) is 17.9. The fourth-order valence-corrected chi connectivity index (χ4v) is 3.92. The lowest BCUT2D eigenvalue weighted by molar-refractivity contribution is -0.384. The standard InChI is InChI=1S/C20H17NO4S/c22-21(23)16-6-7-19(18(11-16)20-5-2-10-26-20)25-13-15-4-1-3-14-12-24-9-8-17(14)15/h1-7,10-11H,8-9,12-13H2. The maximum atomic E-state index is 11.1. The largest absolute Gasteiger partial charge is 0.488 e. The normalized spacial score (nSPS) is 13.2. The van der Waals surface area contributed by atoms with Gasteiger partial charge in [0.2, 0.25) is 0 Å². The molecule has 0 bridgehead atoms. The van der Waals surface area contributed by atoms with E-state index in [1.165, 1.54) is 28.5 Å². The lowest BCUT2D eigenvalue weighted by Crippen LogP contribution is -2.13. The zero-order valence-corrected chi connectivity index (χ0v) is 14.8. The Labute approximate surface area is 155 Å². The van der Waals surface area contributed by atoms with Gasteiger partial charge in [0, 0.05) is 22.6 Å². The van der Waals surface area contributed by atoms with Gasteiger partial charge in [-0.2, -0.15) is 0 Å². The fourth-order valence-electron chi connectivity index (χ4n) is 3.17. The quantitative estimate of drug-likeness (QED) is 0.471. The number of nitro benzene ring substituents is 1.